The fourth-order valence-corrected chi connectivity index (χ4v) is 1.41. The van der Waals surface area contributed by atoms with Crippen molar-refractivity contribution in [2.45, 2.75) is 58.5 Å². The number of rotatable bonds is 9. The molecular weight excluding hydrogens is 200 g/mol. The predicted molar refractivity (Wildman–Crippen MR) is 69.3 cm³/mol. The number of allylic oxidation sites excluding steroid dienone is 2. The molecule has 2 heteroatoms. The van der Waals surface area contributed by atoms with Crippen LogP contribution in [0.5, 0.6) is 0 Å². The van der Waals surface area contributed by atoms with Crippen molar-refractivity contribution in [1.82, 2.24) is 0 Å². The van der Waals surface area contributed by atoms with Gasteiger partial charge in [-0.2, -0.15) is 0 Å². The van der Waals surface area contributed by atoms with Crippen LogP contribution in [0.1, 0.15) is 52.9 Å². The maximum atomic E-state index is 9.21. The molecule has 0 aliphatic carbocycles. The van der Waals surface area contributed by atoms with Gasteiger partial charge in [-0.15, -0.1) is 0 Å². The molecule has 0 spiro atoms. The first kappa shape index (κ1) is 15.2. The first-order valence-corrected chi connectivity index (χ1v) is 6.11. The quantitative estimate of drug-likeness (QED) is 0.478. The zero-order valence-corrected chi connectivity index (χ0v) is 11.0. The summed E-state index contributed by atoms with van der Waals surface area (Å²) in [7, 11) is 0. The first-order chi connectivity index (χ1) is 7.47. The highest BCUT2D eigenvalue weighted by Crippen LogP contribution is 2.22. The maximum absolute atomic E-state index is 9.21. The molecule has 0 aliphatic rings. The Morgan fingerprint density at radius 2 is 1.81 bits per heavy atom. The van der Waals surface area contributed by atoms with Gasteiger partial charge >= 0.3 is 0 Å². The van der Waals surface area contributed by atoms with Gasteiger partial charge in [0.1, 0.15) is 5.60 Å². The molecule has 0 saturated carbocycles. The Labute approximate surface area is 100 Å². The molecule has 0 bridgehead atoms. The molecule has 0 radical (unpaired) electrons. The van der Waals surface area contributed by atoms with Crippen LogP contribution in [-0.4, -0.2) is 17.3 Å². The van der Waals surface area contributed by atoms with E-state index in [9.17, 15) is 5.11 Å². The smallest absolute Gasteiger partial charge is 0.128 e. The van der Waals surface area contributed by atoms with E-state index in [1.54, 1.807) is 0 Å². The highest BCUT2D eigenvalue weighted by atomic mass is 16.5. The summed E-state index contributed by atoms with van der Waals surface area (Å²) in [5, 5.41) is 9.21. The SMILES string of the molecule is C=C(CCC)CCC(=C)OC(C)(CC)CO. The summed E-state index contributed by atoms with van der Waals surface area (Å²) in [5.74, 6) is 0.746. The largest absolute Gasteiger partial charge is 0.490 e. The van der Waals surface area contributed by atoms with Crippen LogP contribution in [0.25, 0.3) is 0 Å². The molecule has 0 aromatic rings. The highest BCUT2D eigenvalue weighted by Gasteiger charge is 2.23. The lowest BCUT2D eigenvalue weighted by Crippen LogP contribution is -2.31. The fourth-order valence-electron chi connectivity index (χ4n) is 1.41. The number of aliphatic hydroxyl groups is 1. The van der Waals surface area contributed by atoms with Crippen molar-refractivity contribution in [2.24, 2.45) is 0 Å². The van der Waals surface area contributed by atoms with Gasteiger partial charge in [0, 0.05) is 6.42 Å². The Bertz CT molecular complexity index is 227. The van der Waals surface area contributed by atoms with Gasteiger partial charge in [-0.05, 0) is 26.2 Å². The van der Waals surface area contributed by atoms with Crippen molar-refractivity contribution in [2.75, 3.05) is 6.61 Å². The summed E-state index contributed by atoms with van der Waals surface area (Å²) in [6.45, 7) is 14.0. The van der Waals surface area contributed by atoms with E-state index in [1.165, 1.54) is 5.57 Å². The third-order valence-electron chi connectivity index (χ3n) is 2.83. The normalized spacial score (nSPS) is 14.2. The highest BCUT2D eigenvalue weighted by molar-refractivity contribution is 4.99. The van der Waals surface area contributed by atoms with Gasteiger partial charge in [0.05, 0.1) is 12.4 Å². The average Bonchev–Trinajstić information content (AvgIpc) is 2.26. The Balaban J connectivity index is 3.95. The molecule has 1 atom stereocenters. The summed E-state index contributed by atoms with van der Waals surface area (Å²) in [5.41, 5.74) is 0.762. The minimum atomic E-state index is -0.483. The first-order valence-electron chi connectivity index (χ1n) is 6.11. The molecule has 94 valence electrons. The van der Waals surface area contributed by atoms with Crippen molar-refractivity contribution in [3.05, 3.63) is 24.5 Å². The molecular formula is C14H26O2. The van der Waals surface area contributed by atoms with E-state index >= 15 is 0 Å². The van der Waals surface area contributed by atoms with E-state index in [4.69, 9.17) is 4.74 Å². The number of aliphatic hydroxyl groups excluding tert-OH is 1. The Kier molecular flexibility index (Phi) is 7.15. The fraction of sp³-hybridized carbons (Fsp3) is 0.714. The zero-order valence-electron chi connectivity index (χ0n) is 11.0. The van der Waals surface area contributed by atoms with E-state index in [-0.39, 0.29) is 6.61 Å². The van der Waals surface area contributed by atoms with Gasteiger partial charge in [-0.1, -0.05) is 39.0 Å². The van der Waals surface area contributed by atoms with Gasteiger partial charge in [0.25, 0.3) is 0 Å². The molecule has 0 heterocycles. The van der Waals surface area contributed by atoms with Crippen LogP contribution in [0.3, 0.4) is 0 Å². The molecule has 0 aromatic heterocycles. The number of hydrogen-bond acceptors (Lipinski definition) is 2. The third-order valence-corrected chi connectivity index (χ3v) is 2.83. The molecule has 0 aliphatic heterocycles. The summed E-state index contributed by atoms with van der Waals surface area (Å²) in [6.07, 6.45) is 4.71. The van der Waals surface area contributed by atoms with Crippen molar-refractivity contribution in [3.63, 3.8) is 0 Å². The van der Waals surface area contributed by atoms with Crippen LogP contribution in [0.4, 0.5) is 0 Å². The second-order valence-corrected chi connectivity index (χ2v) is 4.60. The van der Waals surface area contributed by atoms with Crippen molar-refractivity contribution >= 4 is 0 Å². The second-order valence-electron chi connectivity index (χ2n) is 4.60. The van der Waals surface area contributed by atoms with Crippen LogP contribution >= 0.6 is 0 Å². The molecule has 0 fully saturated rings. The van der Waals surface area contributed by atoms with Gasteiger partial charge in [0.2, 0.25) is 0 Å². The standard InChI is InChI=1S/C14H26O2/c1-6-8-12(3)9-10-13(4)16-14(5,7-2)11-15/h15H,3-4,6-11H2,1-2,5H3. The third kappa shape index (κ3) is 5.96. The average molecular weight is 226 g/mol. The molecule has 0 rings (SSSR count). The molecule has 1 unspecified atom stereocenters. The lowest BCUT2D eigenvalue weighted by Gasteiger charge is -2.28. The van der Waals surface area contributed by atoms with Crippen molar-refractivity contribution < 1.29 is 9.84 Å². The van der Waals surface area contributed by atoms with Gasteiger partial charge in [0.15, 0.2) is 0 Å². The van der Waals surface area contributed by atoms with Crippen molar-refractivity contribution in [3.8, 4) is 0 Å². The molecule has 16 heavy (non-hydrogen) atoms. The lowest BCUT2D eigenvalue weighted by atomic mass is 10.0. The predicted octanol–water partition coefficient (Wildman–Crippen LogP) is 3.81. The van der Waals surface area contributed by atoms with Crippen LogP contribution in [-0.2, 0) is 4.74 Å². The monoisotopic (exact) mass is 226 g/mol. The molecule has 1 N–H and O–H groups in total. The van der Waals surface area contributed by atoms with E-state index in [0.29, 0.717) is 0 Å². The minimum absolute atomic E-state index is 0.0262. The second kappa shape index (κ2) is 7.50. The van der Waals surface area contributed by atoms with Crippen LogP contribution < -0.4 is 0 Å². The van der Waals surface area contributed by atoms with E-state index in [1.807, 2.05) is 13.8 Å². The minimum Gasteiger partial charge on any atom is -0.490 e. The maximum Gasteiger partial charge on any atom is 0.128 e. The molecule has 0 aromatic carbocycles. The van der Waals surface area contributed by atoms with Crippen LogP contribution in [0.15, 0.2) is 24.5 Å². The number of hydrogen-bond donors (Lipinski definition) is 1. The van der Waals surface area contributed by atoms with Gasteiger partial charge < -0.3 is 9.84 Å². The molecule has 0 amide bonds. The van der Waals surface area contributed by atoms with Crippen LogP contribution in [0, 0.1) is 0 Å². The van der Waals surface area contributed by atoms with E-state index < -0.39 is 5.60 Å². The summed E-state index contributed by atoms with van der Waals surface area (Å²) >= 11 is 0. The Morgan fingerprint density at radius 3 is 2.25 bits per heavy atom. The Hall–Kier alpha value is -0.760. The topological polar surface area (TPSA) is 29.5 Å². The summed E-state index contributed by atoms with van der Waals surface area (Å²) in [4.78, 5) is 0. The molecule has 0 saturated heterocycles. The molecule has 2 nitrogen and oxygen atoms in total. The lowest BCUT2D eigenvalue weighted by molar-refractivity contribution is -0.0328. The number of ether oxygens (including phenoxy) is 1. The van der Waals surface area contributed by atoms with E-state index in [0.717, 1.165) is 37.9 Å². The van der Waals surface area contributed by atoms with Gasteiger partial charge in [-0.25, -0.2) is 0 Å². The zero-order chi connectivity index (χ0) is 12.6. The summed E-state index contributed by atoms with van der Waals surface area (Å²) in [6, 6.07) is 0. The summed E-state index contributed by atoms with van der Waals surface area (Å²) < 4.78 is 5.68. The van der Waals surface area contributed by atoms with Crippen molar-refractivity contribution in [1.29, 1.82) is 0 Å². The van der Waals surface area contributed by atoms with E-state index in [2.05, 4.69) is 20.1 Å². The van der Waals surface area contributed by atoms with Crippen LogP contribution in [0.2, 0.25) is 0 Å². The Morgan fingerprint density at radius 1 is 1.19 bits per heavy atom. The van der Waals surface area contributed by atoms with Gasteiger partial charge in [-0.3, -0.25) is 0 Å².